The summed E-state index contributed by atoms with van der Waals surface area (Å²) in [6.07, 6.45) is 0. The molecule has 0 aliphatic carbocycles. The first-order valence-corrected chi connectivity index (χ1v) is 8.38. The minimum Gasteiger partial charge on any atom is -0.505 e. The van der Waals surface area contributed by atoms with Crippen molar-refractivity contribution in [3.05, 3.63) is 59.2 Å². The van der Waals surface area contributed by atoms with E-state index >= 15 is 0 Å². The van der Waals surface area contributed by atoms with Gasteiger partial charge in [-0.05, 0) is 50.5 Å². The molecule has 1 heterocycles. The van der Waals surface area contributed by atoms with Gasteiger partial charge in [-0.2, -0.15) is 0 Å². The zero-order valence-corrected chi connectivity index (χ0v) is 14.9. The Morgan fingerprint density at radius 1 is 1.16 bits per heavy atom. The van der Waals surface area contributed by atoms with Gasteiger partial charge in [0.2, 0.25) is 0 Å². The summed E-state index contributed by atoms with van der Waals surface area (Å²) in [5.41, 5.74) is 1.75. The number of aromatic hydroxyl groups is 1. The highest BCUT2D eigenvalue weighted by atomic mass is 35.5. The van der Waals surface area contributed by atoms with Crippen LogP contribution in [0.3, 0.4) is 0 Å². The molecule has 3 rings (SSSR count). The van der Waals surface area contributed by atoms with Crippen LogP contribution >= 0.6 is 11.6 Å². The van der Waals surface area contributed by atoms with Crippen molar-refractivity contribution in [2.45, 2.75) is 0 Å². The number of para-hydroxylation sites is 1. The highest BCUT2D eigenvalue weighted by Crippen LogP contribution is 2.34. The van der Waals surface area contributed by atoms with E-state index in [4.69, 9.17) is 11.6 Å². The highest BCUT2D eigenvalue weighted by molar-refractivity contribution is 6.30. The Kier molecular flexibility index (Phi) is 4.97. The fourth-order valence-electron chi connectivity index (χ4n) is 2.77. The number of hydrogen-bond acceptors (Lipinski definition) is 3. The Hall–Kier alpha value is -2.50. The van der Waals surface area contributed by atoms with E-state index in [1.54, 1.807) is 22.8 Å². The molecule has 130 valence electrons. The average molecular weight is 358 g/mol. The molecule has 3 aromatic rings. The summed E-state index contributed by atoms with van der Waals surface area (Å²) < 4.78 is 1.76. The van der Waals surface area contributed by atoms with Crippen LogP contribution in [0.2, 0.25) is 5.02 Å². The van der Waals surface area contributed by atoms with Gasteiger partial charge in [-0.3, -0.25) is 4.79 Å². The molecule has 0 aliphatic heterocycles. The maximum Gasteiger partial charge on any atom is 0.272 e. The van der Waals surface area contributed by atoms with Gasteiger partial charge in [0.15, 0.2) is 11.4 Å². The molecule has 0 atom stereocenters. The van der Waals surface area contributed by atoms with Crippen molar-refractivity contribution < 1.29 is 9.90 Å². The number of amides is 1. The first kappa shape index (κ1) is 17.3. The van der Waals surface area contributed by atoms with Crippen molar-refractivity contribution in [1.82, 2.24) is 14.8 Å². The third-order valence-corrected chi connectivity index (χ3v) is 4.24. The molecule has 0 unspecified atom stereocenters. The molecule has 1 amide bonds. The number of aromatic nitrogens is 1. The topological polar surface area (TPSA) is 57.5 Å². The van der Waals surface area contributed by atoms with Crippen LogP contribution in [0, 0.1) is 0 Å². The number of carbonyl (C=O) groups is 1. The van der Waals surface area contributed by atoms with E-state index < -0.39 is 0 Å². The Balaban J connectivity index is 2.10. The number of halogens is 1. The maximum absolute atomic E-state index is 12.7. The van der Waals surface area contributed by atoms with E-state index in [-0.39, 0.29) is 17.4 Å². The lowest BCUT2D eigenvalue weighted by Crippen LogP contribution is -2.32. The van der Waals surface area contributed by atoms with Gasteiger partial charge in [0.1, 0.15) is 0 Å². The van der Waals surface area contributed by atoms with Gasteiger partial charge in [0, 0.05) is 29.2 Å². The summed E-state index contributed by atoms with van der Waals surface area (Å²) >= 11 is 5.98. The summed E-state index contributed by atoms with van der Waals surface area (Å²) in [6.45, 7) is 1.21. The summed E-state index contributed by atoms with van der Waals surface area (Å²) in [5, 5.41) is 14.8. The third kappa shape index (κ3) is 3.48. The molecule has 25 heavy (non-hydrogen) atoms. The van der Waals surface area contributed by atoms with E-state index in [0.29, 0.717) is 23.5 Å². The Morgan fingerprint density at radius 3 is 2.52 bits per heavy atom. The summed E-state index contributed by atoms with van der Waals surface area (Å²) in [6, 6.07) is 14.6. The predicted molar refractivity (Wildman–Crippen MR) is 101 cm³/mol. The molecule has 6 heteroatoms. The van der Waals surface area contributed by atoms with E-state index in [9.17, 15) is 9.90 Å². The van der Waals surface area contributed by atoms with Crippen LogP contribution in [0.1, 0.15) is 10.5 Å². The third-order valence-electron chi connectivity index (χ3n) is 3.99. The average Bonchev–Trinajstić information content (AvgIpc) is 2.88. The second-order valence-electron chi connectivity index (χ2n) is 6.09. The van der Waals surface area contributed by atoms with Gasteiger partial charge in [-0.25, -0.2) is 0 Å². The second-order valence-corrected chi connectivity index (χ2v) is 6.52. The van der Waals surface area contributed by atoms with Gasteiger partial charge in [0.25, 0.3) is 5.91 Å². The molecule has 5 nitrogen and oxygen atoms in total. The molecule has 0 fully saturated rings. The molecular formula is C19H20ClN3O2. The molecule has 2 aromatic carbocycles. The fraction of sp³-hybridized carbons (Fsp3) is 0.211. The van der Waals surface area contributed by atoms with Crippen molar-refractivity contribution in [1.29, 1.82) is 0 Å². The first-order valence-electron chi connectivity index (χ1n) is 8.00. The SMILES string of the molecule is CN(C)CCNC(=O)c1c(O)c2ccccc2n1-c1ccc(Cl)cc1. The minimum absolute atomic E-state index is 0.0205. The molecule has 0 saturated heterocycles. The second kappa shape index (κ2) is 7.17. The Bertz CT molecular complexity index is 901. The Morgan fingerprint density at radius 2 is 1.84 bits per heavy atom. The van der Waals surface area contributed by atoms with Gasteiger partial charge < -0.3 is 19.9 Å². The van der Waals surface area contributed by atoms with Crippen molar-refractivity contribution in [2.75, 3.05) is 27.2 Å². The van der Waals surface area contributed by atoms with Crippen LogP contribution in [0.15, 0.2) is 48.5 Å². The molecule has 0 radical (unpaired) electrons. The quantitative estimate of drug-likeness (QED) is 0.736. The maximum atomic E-state index is 12.7. The van der Waals surface area contributed by atoms with Gasteiger partial charge in [-0.15, -0.1) is 0 Å². The number of nitrogens with one attached hydrogen (secondary N) is 1. The number of likely N-dealkylation sites (N-methyl/N-ethyl adjacent to an activating group) is 1. The summed E-state index contributed by atoms with van der Waals surface area (Å²) in [4.78, 5) is 14.7. The van der Waals surface area contributed by atoms with E-state index in [2.05, 4.69) is 5.32 Å². The molecule has 0 aliphatic rings. The van der Waals surface area contributed by atoms with Gasteiger partial charge in [-0.1, -0.05) is 23.7 Å². The lowest BCUT2D eigenvalue weighted by Gasteiger charge is -2.13. The number of hydrogen-bond donors (Lipinski definition) is 2. The molecular weight excluding hydrogens is 338 g/mol. The Labute approximate surface area is 151 Å². The normalized spacial score (nSPS) is 11.2. The number of carbonyl (C=O) groups excluding carboxylic acids is 1. The van der Waals surface area contributed by atoms with Crippen molar-refractivity contribution in [2.24, 2.45) is 0 Å². The predicted octanol–water partition coefficient (Wildman–Crippen LogP) is 3.28. The van der Waals surface area contributed by atoms with Crippen molar-refractivity contribution in [3.63, 3.8) is 0 Å². The molecule has 2 N–H and O–H groups in total. The van der Waals surface area contributed by atoms with Crippen LogP contribution in [-0.4, -0.2) is 47.7 Å². The first-order chi connectivity index (χ1) is 12.0. The standard InChI is InChI=1S/C19H20ClN3O2/c1-22(2)12-11-21-19(25)17-18(24)15-5-3-4-6-16(15)23(17)14-9-7-13(20)8-10-14/h3-10,24H,11-12H2,1-2H3,(H,21,25). The number of fused-ring (bicyclic) bond motifs is 1. The van der Waals surface area contributed by atoms with Crippen molar-refractivity contribution >= 4 is 28.4 Å². The lowest BCUT2D eigenvalue weighted by molar-refractivity contribution is 0.0942. The van der Waals surface area contributed by atoms with Crippen LogP contribution < -0.4 is 5.32 Å². The van der Waals surface area contributed by atoms with Crippen LogP contribution in [0.4, 0.5) is 0 Å². The van der Waals surface area contributed by atoms with Crippen LogP contribution in [0.5, 0.6) is 5.75 Å². The summed E-state index contributed by atoms with van der Waals surface area (Å²) in [7, 11) is 3.88. The molecule has 0 saturated carbocycles. The van der Waals surface area contributed by atoms with E-state index in [1.165, 1.54) is 0 Å². The lowest BCUT2D eigenvalue weighted by atomic mass is 10.2. The van der Waals surface area contributed by atoms with E-state index in [0.717, 1.165) is 11.2 Å². The highest BCUT2D eigenvalue weighted by Gasteiger charge is 2.23. The molecule has 0 bridgehead atoms. The van der Waals surface area contributed by atoms with Crippen LogP contribution in [-0.2, 0) is 0 Å². The van der Waals surface area contributed by atoms with Gasteiger partial charge in [0.05, 0.1) is 5.52 Å². The number of nitrogens with zero attached hydrogens (tertiary/aromatic N) is 2. The minimum atomic E-state index is -0.314. The zero-order chi connectivity index (χ0) is 18.0. The summed E-state index contributed by atoms with van der Waals surface area (Å²) in [5.74, 6) is -0.335. The fourth-order valence-corrected chi connectivity index (χ4v) is 2.89. The number of rotatable bonds is 5. The van der Waals surface area contributed by atoms with Gasteiger partial charge >= 0.3 is 0 Å². The number of benzene rings is 2. The van der Waals surface area contributed by atoms with E-state index in [1.807, 2.05) is 49.3 Å². The zero-order valence-electron chi connectivity index (χ0n) is 14.2. The van der Waals surface area contributed by atoms with Crippen LogP contribution in [0.25, 0.3) is 16.6 Å². The smallest absolute Gasteiger partial charge is 0.272 e. The largest absolute Gasteiger partial charge is 0.505 e. The molecule has 0 spiro atoms. The monoisotopic (exact) mass is 357 g/mol. The van der Waals surface area contributed by atoms with Crippen molar-refractivity contribution in [3.8, 4) is 11.4 Å². The molecule has 1 aromatic heterocycles.